The summed E-state index contributed by atoms with van der Waals surface area (Å²) in [6.07, 6.45) is 0. The molecule has 274 valence electrons. The first-order chi connectivity index (χ1) is 29.2. The minimum atomic E-state index is 1.01. The third-order valence-electron chi connectivity index (χ3n) is 12.3. The Labute approximate surface area is 343 Å². The second kappa shape index (κ2) is 12.5. The fourth-order valence-electron chi connectivity index (χ4n) is 9.42. The third kappa shape index (κ3) is 4.91. The first kappa shape index (κ1) is 32.5. The molecule has 0 unspecified atom stereocenters. The number of thiophene rings is 1. The van der Waals surface area contributed by atoms with Gasteiger partial charge in [-0.3, -0.25) is 4.40 Å². The maximum atomic E-state index is 5.37. The van der Waals surface area contributed by atoms with Crippen molar-refractivity contribution in [3.8, 4) is 39.2 Å². The van der Waals surface area contributed by atoms with Crippen LogP contribution in [0.2, 0.25) is 0 Å². The molecule has 0 fully saturated rings. The zero-order valence-electron chi connectivity index (χ0n) is 31.8. The molecule has 0 saturated carbocycles. The van der Waals surface area contributed by atoms with Crippen molar-refractivity contribution in [1.82, 2.24) is 14.0 Å². The van der Waals surface area contributed by atoms with Gasteiger partial charge >= 0.3 is 0 Å². The highest BCUT2D eigenvalue weighted by atomic mass is 32.1. The van der Waals surface area contributed by atoms with Crippen LogP contribution in [-0.4, -0.2) is 14.0 Å². The van der Waals surface area contributed by atoms with E-state index in [4.69, 9.17) is 4.98 Å². The van der Waals surface area contributed by atoms with Crippen molar-refractivity contribution in [2.75, 3.05) is 0 Å². The predicted octanol–water partition coefficient (Wildman–Crippen LogP) is 15.3. The zero-order chi connectivity index (χ0) is 38.6. The first-order valence-electron chi connectivity index (χ1n) is 20.1. The lowest BCUT2D eigenvalue weighted by Crippen LogP contribution is -1.93. The van der Waals surface area contributed by atoms with Gasteiger partial charge in [0.05, 0.1) is 32.5 Å². The van der Waals surface area contributed by atoms with Crippen LogP contribution in [0.4, 0.5) is 0 Å². The minimum absolute atomic E-state index is 1.01. The molecule has 13 rings (SSSR count). The number of hydrogen-bond acceptors (Lipinski definition) is 2. The summed E-state index contributed by atoms with van der Waals surface area (Å²) in [5.74, 6) is 0. The molecule has 9 aromatic carbocycles. The molecule has 13 aromatic rings. The number of nitrogens with zero attached hydrogens (tertiary/aromatic N) is 3. The lowest BCUT2D eigenvalue weighted by Gasteiger charge is -2.11. The van der Waals surface area contributed by atoms with Gasteiger partial charge in [0.25, 0.3) is 0 Å². The third-order valence-corrected chi connectivity index (χ3v) is 13.5. The maximum absolute atomic E-state index is 5.37. The number of para-hydroxylation sites is 2. The number of rotatable bonds is 4. The van der Waals surface area contributed by atoms with E-state index in [9.17, 15) is 0 Å². The van der Waals surface area contributed by atoms with Crippen molar-refractivity contribution in [3.05, 3.63) is 200 Å². The van der Waals surface area contributed by atoms with E-state index in [1.807, 2.05) is 11.3 Å². The van der Waals surface area contributed by atoms with Crippen molar-refractivity contribution in [2.24, 2.45) is 0 Å². The summed E-state index contributed by atoms with van der Waals surface area (Å²) in [5, 5.41) is 10.0. The molecule has 4 aromatic heterocycles. The molecule has 0 spiro atoms. The van der Waals surface area contributed by atoms with Crippen LogP contribution >= 0.6 is 11.3 Å². The average Bonchev–Trinajstić information content (AvgIpc) is 3.98. The molecule has 4 heterocycles. The topological polar surface area (TPSA) is 22.2 Å². The molecule has 4 heteroatoms. The van der Waals surface area contributed by atoms with Crippen LogP contribution in [0, 0.1) is 0 Å². The van der Waals surface area contributed by atoms with Gasteiger partial charge in [0.1, 0.15) is 0 Å². The number of benzene rings is 9. The summed E-state index contributed by atoms with van der Waals surface area (Å²) in [5.41, 5.74) is 13.9. The van der Waals surface area contributed by atoms with E-state index < -0.39 is 0 Å². The predicted molar refractivity (Wildman–Crippen MR) is 251 cm³/mol. The first-order valence-corrected chi connectivity index (χ1v) is 20.9. The molecule has 59 heavy (non-hydrogen) atoms. The fraction of sp³-hybridized carbons (Fsp3) is 0. The van der Waals surface area contributed by atoms with Gasteiger partial charge in [-0.05, 0) is 97.9 Å². The Morgan fingerprint density at radius 2 is 0.966 bits per heavy atom. The lowest BCUT2D eigenvalue weighted by molar-refractivity contribution is 1.18. The van der Waals surface area contributed by atoms with Crippen molar-refractivity contribution in [2.45, 2.75) is 0 Å². The average molecular weight is 768 g/mol. The number of imidazole rings is 1. The zero-order valence-corrected chi connectivity index (χ0v) is 32.6. The molecular weight excluding hydrogens is 735 g/mol. The summed E-state index contributed by atoms with van der Waals surface area (Å²) in [7, 11) is 0. The van der Waals surface area contributed by atoms with Gasteiger partial charge in [-0.25, -0.2) is 4.98 Å². The van der Waals surface area contributed by atoms with E-state index in [0.29, 0.717) is 0 Å². The van der Waals surface area contributed by atoms with Crippen molar-refractivity contribution in [3.63, 3.8) is 0 Å². The standard InChI is InChI=1S/C55H33N3S/c1-2-13-42(14-3-1)57-49-17-9-8-16-44(49)46-30-41(27-29-50(46)57)36-20-18-34(19-21-36)35-22-24-38(25-23-35)51-33-47-45-28-26-37-10-6-7-15-43(37)53(45)59-54(47)55-56-48-31-39-11-4-5-12-40(39)32-52(48)58(51)55/h1-33H. The highest BCUT2D eigenvalue weighted by Gasteiger charge is 2.20. The largest absolute Gasteiger partial charge is 0.309 e. The summed E-state index contributed by atoms with van der Waals surface area (Å²) >= 11 is 1.86. The molecule has 0 aliphatic rings. The molecule has 0 atom stereocenters. The molecule has 3 nitrogen and oxygen atoms in total. The second-order valence-electron chi connectivity index (χ2n) is 15.6. The van der Waals surface area contributed by atoms with Gasteiger partial charge < -0.3 is 4.57 Å². The maximum Gasteiger partial charge on any atom is 0.156 e. The van der Waals surface area contributed by atoms with Crippen molar-refractivity contribution < 1.29 is 0 Å². The molecular formula is C55H33N3S. The highest BCUT2D eigenvalue weighted by molar-refractivity contribution is 7.27. The summed E-state index contributed by atoms with van der Waals surface area (Å²) < 4.78 is 7.29. The Bertz CT molecular complexity index is 3810. The van der Waals surface area contributed by atoms with Gasteiger partial charge in [0.15, 0.2) is 5.65 Å². The van der Waals surface area contributed by atoms with Gasteiger partial charge in [0.2, 0.25) is 0 Å². The van der Waals surface area contributed by atoms with Crippen LogP contribution in [-0.2, 0) is 0 Å². The van der Waals surface area contributed by atoms with Crippen LogP contribution in [0.25, 0.3) is 119 Å². The Hall–Kier alpha value is -7.53. The van der Waals surface area contributed by atoms with E-state index in [1.165, 1.54) is 91.5 Å². The van der Waals surface area contributed by atoms with Gasteiger partial charge in [-0.2, -0.15) is 0 Å². The molecule has 0 aliphatic heterocycles. The van der Waals surface area contributed by atoms with Crippen LogP contribution in [0.5, 0.6) is 0 Å². The molecule has 0 bridgehead atoms. The summed E-state index contributed by atoms with van der Waals surface area (Å²) in [4.78, 5) is 5.37. The second-order valence-corrected chi connectivity index (χ2v) is 16.6. The van der Waals surface area contributed by atoms with Gasteiger partial charge in [-0.1, -0.05) is 152 Å². The minimum Gasteiger partial charge on any atom is -0.309 e. The number of pyridine rings is 1. The number of hydrogen-bond donors (Lipinski definition) is 0. The summed E-state index contributed by atoms with van der Waals surface area (Å²) in [6, 6.07) is 73.1. The lowest BCUT2D eigenvalue weighted by atomic mass is 9.98. The normalized spacial score (nSPS) is 12.1. The van der Waals surface area contributed by atoms with Crippen molar-refractivity contribution >= 4 is 91.5 Å². The van der Waals surface area contributed by atoms with Gasteiger partial charge in [-0.15, -0.1) is 11.3 Å². The molecule has 0 saturated heterocycles. The molecule has 0 aliphatic carbocycles. The Morgan fingerprint density at radius 1 is 0.356 bits per heavy atom. The Morgan fingerprint density at radius 3 is 1.75 bits per heavy atom. The van der Waals surface area contributed by atoms with Gasteiger partial charge in [0, 0.05) is 31.9 Å². The fourth-order valence-corrected chi connectivity index (χ4v) is 10.7. The quantitative estimate of drug-likeness (QED) is 0.175. The van der Waals surface area contributed by atoms with Crippen LogP contribution in [0.1, 0.15) is 0 Å². The van der Waals surface area contributed by atoms with Crippen LogP contribution in [0.15, 0.2) is 200 Å². The summed E-state index contributed by atoms with van der Waals surface area (Å²) in [6.45, 7) is 0. The van der Waals surface area contributed by atoms with E-state index in [-0.39, 0.29) is 0 Å². The van der Waals surface area contributed by atoms with E-state index in [2.05, 4.69) is 209 Å². The van der Waals surface area contributed by atoms with E-state index in [1.54, 1.807) is 0 Å². The Kier molecular flexibility index (Phi) is 6.89. The number of fused-ring (bicyclic) bond motifs is 13. The smallest absolute Gasteiger partial charge is 0.156 e. The van der Waals surface area contributed by atoms with Crippen LogP contribution in [0.3, 0.4) is 0 Å². The van der Waals surface area contributed by atoms with E-state index >= 15 is 0 Å². The van der Waals surface area contributed by atoms with Crippen LogP contribution < -0.4 is 0 Å². The molecule has 0 amide bonds. The SMILES string of the molecule is c1ccc(-n2c3ccccc3c3cc(-c4ccc(-c5ccc(-c6cc7c8ccc9ccccc9c8sc7c7nc8cc9ccccc9cc8n67)cc5)cc4)ccc32)cc1. The Balaban J connectivity index is 0.915. The number of aromatic nitrogens is 3. The van der Waals surface area contributed by atoms with Crippen molar-refractivity contribution in [1.29, 1.82) is 0 Å². The monoisotopic (exact) mass is 767 g/mol. The molecule has 0 N–H and O–H groups in total. The highest BCUT2D eigenvalue weighted by Crippen LogP contribution is 2.44. The molecule has 0 radical (unpaired) electrons. The van der Waals surface area contributed by atoms with E-state index in [0.717, 1.165) is 27.9 Å².